The maximum atomic E-state index is 12.7. The predicted octanol–water partition coefficient (Wildman–Crippen LogP) is 0.902. The lowest BCUT2D eigenvalue weighted by molar-refractivity contribution is -0.158. The first-order chi connectivity index (χ1) is 14.4. The molecule has 4 amide bonds. The molecule has 1 aromatic rings. The highest BCUT2D eigenvalue weighted by Gasteiger charge is 2.52. The molecule has 1 atom stereocenters. The topological polar surface area (TPSA) is 123 Å². The number of rotatable bonds is 4. The van der Waals surface area contributed by atoms with Gasteiger partial charge in [-0.1, -0.05) is 19.1 Å². The Morgan fingerprint density at radius 3 is 2.67 bits per heavy atom. The van der Waals surface area contributed by atoms with E-state index in [9.17, 15) is 19.2 Å². The van der Waals surface area contributed by atoms with Gasteiger partial charge in [-0.05, 0) is 43.7 Å². The minimum atomic E-state index is -1.02. The van der Waals surface area contributed by atoms with E-state index in [-0.39, 0.29) is 6.61 Å². The molecule has 0 bridgehead atoms. The number of hydrogen-bond donors (Lipinski definition) is 2. The Morgan fingerprint density at radius 1 is 1.23 bits per heavy atom. The summed E-state index contributed by atoms with van der Waals surface area (Å²) in [6.07, 6.45) is 1.67. The van der Waals surface area contributed by atoms with Crippen LogP contribution in [0.25, 0.3) is 0 Å². The molecule has 0 radical (unpaired) electrons. The largest absolute Gasteiger partial charge is 0.485 e. The quantitative estimate of drug-likeness (QED) is 0.551. The first kappa shape index (κ1) is 20.0. The summed E-state index contributed by atoms with van der Waals surface area (Å²) < 4.78 is 15.9. The maximum absolute atomic E-state index is 12.7. The van der Waals surface area contributed by atoms with Gasteiger partial charge in [-0.15, -0.1) is 0 Å². The van der Waals surface area contributed by atoms with Crippen LogP contribution in [0, 0.1) is 5.92 Å². The van der Waals surface area contributed by atoms with E-state index >= 15 is 0 Å². The Balaban J connectivity index is 1.28. The number of imide groups is 1. The fraction of sp³-hybridized carbons (Fsp3) is 0.500. The van der Waals surface area contributed by atoms with Gasteiger partial charge in [0.25, 0.3) is 11.8 Å². The van der Waals surface area contributed by atoms with Gasteiger partial charge in [0.2, 0.25) is 6.10 Å². The molecule has 160 valence electrons. The van der Waals surface area contributed by atoms with Gasteiger partial charge in [-0.3, -0.25) is 15.0 Å². The molecule has 1 aromatic carbocycles. The number of amides is 4. The van der Waals surface area contributed by atoms with Crippen molar-refractivity contribution >= 4 is 23.8 Å². The van der Waals surface area contributed by atoms with Crippen LogP contribution < -0.4 is 20.2 Å². The molecule has 1 saturated heterocycles. The van der Waals surface area contributed by atoms with Crippen molar-refractivity contribution in [2.24, 2.45) is 5.92 Å². The number of esters is 1. The van der Waals surface area contributed by atoms with Crippen molar-refractivity contribution in [3.8, 4) is 11.5 Å². The molecule has 3 aliphatic rings. The van der Waals surface area contributed by atoms with Gasteiger partial charge in [-0.25, -0.2) is 9.59 Å². The second-order valence-corrected chi connectivity index (χ2v) is 7.84. The maximum Gasteiger partial charge on any atom is 0.351 e. The Kier molecular flexibility index (Phi) is 5.23. The summed E-state index contributed by atoms with van der Waals surface area (Å²) in [6.45, 7) is 1.38. The zero-order valence-corrected chi connectivity index (χ0v) is 16.5. The monoisotopic (exact) mass is 417 g/mol. The average Bonchev–Trinajstić information content (AvgIpc) is 2.98. The molecule has 1 saturated carbocycles. The van der Waals surface area contributed by atoms with Crippen LogP contribution in [0.5, 0.6) is 11.5 Å². The summed E-state index contributed by atoms with van der Waals surface area (Å²) >= 11 is 0. The minimum absolute atomic E-state index is 0.0502. The van der Waals surface area contributed by atoms with E-state index in [1.165, 1.54) is 0 Å². The van der Waals surface area contributed by atoms with Crippen molar-refractivity contribution in [3.63, 3.8) is 0 Å². The van der Waals surface area contributed by atoms with Gasteiger partial charge in [0, 0.05) is 0 Å². The lowest BCUT2D eigenvalue weighted by atomic mass is 9.77. The summed E-state index contributed by atoms with van der Waals surface area (Å²) in [5.74, 6) is -0.661. The molecule has 10 heteroatoms. The normalized spacial score (nSPS) is 27.6. The molecule has 30 heavy (non-hydrogen) atoms. The van der Waals surface area contributed by atoms with Crippen LogP contribution in [0.3, 0.4) is 0 Å². The van der Waals surface area contributed by atoms with E-state index in [2.05, 4.69) is 17.7 Å². The van der Waals surface area contributed by atoms with Crippen LogP contribution in [0.15, 0.2) is 24.3 Å². The third-order valence-electron chi connectivity index (χ3n) is 5.64. The Morgan fingerprint density at radius 2 is 1.93 bits per heavy atom. The molecule has 0 aromatic heterocycles. The van der Waals surface area contributed by atoms with Gasteiger partial charge in [0.15, 0.2) is 18.1 Å². The number of nitrogens with one attached hydrogen (secondary N) is 2. The van der Waals surface area contributed by atoms with E-state index in [0.29, 0.717) is 35.3 Å². The molecule has 4 rings (SSSR count). The number of urea groups is 1. The van der Waals surface area contributed by atoms with Crippen molar-refractivity contribution in [1.29, 1.82) is 0 Å². The molecule has 0 unspecified atom stereocenters. The SMILES string of the molecule is CC1CCC2(CC1)NC(=O)N(NC(=O)COC(=O)[C@@H]1COc3ccccc3O1)C2=O. The van der Waals surface area contributed by atoms with Gasteiger partial charge in [0.1, 0.15) is 12.1 Å². The first-order valence-corrected chi connectivity index (χ1v) is 9.89. The van der Waals surface area contributed by atoms with Crippen LogP contribution in [0.2, 0.25) is 0 Å². The fourth-order valence-electron chi connectivity index (χ4n) is 3.84. The highest BCUT2D eigenvalue weighted by atomic mass is 16.6. The Hall–Kier alpha value is -3.30. The lowest BCUT2D eigenvalue weighted by Crippen LogP contribution is -2.52. The number of nitrogens with zero attached hydrogens (tertiary/aromatic N) is 1. The van der Waals surface area contributed by atoms with Crippen LogP contribution in [-0.4, -0.2) is 53.7 Å². The van der Waals surface area contributed by atoms with Crippen molar-refractivity contribution in [2.75, 3.05) is 13.2 Å². The number of para-hydroxylation sites is 2. The Labute approximate surface area is 172 Å². The summed E-state index contributed by atoms with van der Waals surface area (Å²) in [7, 11) is 0. The average molecular weight is 417 g/mol. The number of hydrogen-bond acceptors (Lipinski definition) is 7. The van der Waals surface area contributed by atoms with Crippen LogP contribution >= 0.6 is 0 Å². The van der Waals surface area contributed by atoms with E-state index in [1.54, 1.807) is 24.3 Å². The predicted molar refractivity (Wildman–Crippen MR) is 101 cm³/mol. The van der Waals surface area contributed by atoms with Gasteiger partial charge in [-0.2, -0.15) is 5.01 Å². The molecular formula is C20H23N3O7. The van der Waals surface area contributed by atoms with E-state index < -0.39 is 42.1 Å². The fourth-order valence-corrected chi connectivity index (χ4v) is 3.84. The number of carbonyl (C=O) groups excluding carboxylic acids is 4. The zero-order chi connectivity index (χ0) is 21.3. The van der Waals surface area contributed by atoms with Crippen molar-refractivity contribution in [2.45, 2.75) is 44.2 Å². The van der Waals surface area contributed by atoms with E-state index in [1.807, 2.05) is 0 Å². The molecule has 2 heterocycles. The number of carbonyl (C=O) groups is 4. The third-order valence-corrected chi connectivity index (χ3v) is 5.64. The summed E-state index contributed by atoms with van der Waals surface area (Å²) in [4.78, 5) is 49.3. The number of ether oxygens (including phenoxy) is 3. The third kappa shape index (κ3) is 3.77. The highest BCUT2D eigenvalue weighted by Crippen LogP contribution is 2.35. The number of hydrazine groups is 1. The lowest BCUT2D eigenvalue weighted by Gasteiger charge is -2.33. The molecule has 2 fully saturated rings. The first-order valence-electron chi connectivity index (χ1n) is 9.89. The molecule has 1 aliphatic carbocycles. The van der Waals surface area contributed by atoms with E-state index in [0.717, 1.165) is 12.8 Å². The molecule has 2 aliphatic heterocycles. The molecule has 2 N–H and O–H groups in total. The van der Waals surface area contributed by atoms with Crippen LogP contribution in [-0.2, 0) is 19.1 Å². The second-order valence-electron chi connectivity index (χ2n) is 7.84. The molecule has 10 nitrogen and oxygen atoms in total. The summed E-state index contributed by atoms with van der Waals surface area (Å²) in [5, 5.41) is 3.37. The Bertz CT molecular complexity index is 879. The highest BCUT2D eigenvalue weighted by molar-refractivity contribution is 6.08. The van der Waals surface area contributed by atoms with Crippen molar-refractivity contribution in [1.82, 2.24) is 15.8 Å². The van der Waals surface area contributed by atoms with Crippen molar-refractivity contribution < 1.29 is 33.4 Å². The van der Waals surface area contributed by atoms with Gasteiger partial charge in [0.05, 0.1) is 0 Å². The molecule has 1 spiro atoms. The number of fused-ring (bicyclic) bond motifs is 1. The van der Waals surface area contributed by atoms with Crippen LogP contribution in [0.1, 0.15) is 32.6 Å². The summed E-state index contributed by atoms with van der Waals surface area (Å²) in [5.41, 5.74) is 1.25. The van der Waals surface area contributed by atoms with Gasteiger partial charge >= 0.3 is 12.0 Å². The van der Waals surface area contributed by atoms with Crippen LogP contribution in [0.4, 0.5) is 4.79 Å². The number of benzene rings is 1. The second kappa shape index (κ2) is 7.85. The zero-order valence-electron chi connectivity index (χ0n) is 16.5. The smallest absolute Gasteiger partial charge is 0.351 e. The van der Waals surface area contributed by atoms with Gasteiger partial charge < -0.3 is 19.5 Å². The molecular weight excluding hydrogens is 394 g/mol. The summed E-state index contributed by atoms with van der Waals surface area (Å²) in [6, 6.07) is 6.19. The van der Waals surface area contributed by atoms with E-state index in [4.69, 9.17) is 14.2 Å². The van der Waals surface area contributed by atoms with Crippen molar-refractivity contribution in [3.05, 3.63) is 24.3 Å². The minimum Gasteiger partial charge on any atom is -0.485 e. The standard InChI is InChI=1S/C20H23N3O7/c1-12-6-8-20(9-7-12)18(26)23(19(27)21-20)22-16(24)11-29-17(25)15-10-28-13-4-2-3-5-14(13)30-15/h2-5,12,15H,6-11H2,1H3,(H,21,27)(H,22,24)/t12?,15-,20?/m0/s1.